The number of para-hydroxylation sites is 1. The van der Waals surface area contributed by atoms with Crippen molar-refractivity contribution in [3.63, 3.8) is 0 Å². The molecule has 0 aliphatic heterocycles. The van der Waals surface area contributed by atoms with Crippen LogP contribution in [0.4, 0.5) is 4.39 Å². The van der Waals surface area contributed by atoms with E-state index in [0.29, 0.717) is 28.4 Å². The summed E-state index contributed by atoms with van der Waals surface area (Å²) in [6, 6.07) is 21.0. The molecule has 0 heterocycles. The molecule has 0 saturated heterocycles. The van der Waals surface area contributed by atoms with Gasteiger partial charge in [0, 0.05) is 13.1 Å². The van der Waals surface area contributed by atoms with Crippen molar-refractivity contribution in [3.05, 3.63) is 101 Å². The van der Waals surface area contributed by atoms with Gasteiger partial charge in [-0.2, -0.15) is 0 Å². The molecule has 0 saturated carbocycles. The largest absolute Gasteiger partial charge is 0.482 e. The van der Waals surface area contributed by atoms with Gasteiger partial charge in [-0.25, -0.2) is 4.39 Å². The van der Waals surface area contributed by atoms with Crippen LogP contribution < -0.4 is 10.1 Å². The number of carbonyl (C=O) groups excluding carboxylic acids is 2. The smallest absolute Gasteiger partial charge is 0.261 e. The lowest BCUT2D eigenvalue weighted by Crippen LogP contribution is -2.45. The summed E-state index contributed by atoms with van der Waals surface area (Å²) >= 11 is 6.16. The second kappa shape index (κ2) is 12.8. The van der Waals surface area contributed by atoms with Crippen LogP contribution in [-0.2, 0) is 16.1 Å². The van der Waals surface area contributed by atoms with E-state index >= 15 is 0 Å². The monoisotopic (exact) mass is 482 g/mol. The number of carbonyl (C=O) groups is 2. The predicted octanol–water partition coefficient (Wildman–Crippen LogP) is 5.54. The number of ether oxygens (including phenoxy) is 1. The first-order valence-electron chi connectivity index (χ1n) is 11.2. The van der Waals surface area contributed by atoms with Crippen LogP contribution in [0.3, 0.4) is 0 Å². The summed E-state index contributed by atoms with van der Waals surface area (Å²) < 4.78 is 19.2. The zero-order chi connectivity index (χ0) is 24.3. The number of unbranched alkanes of at least 4 members (excludes halogenated alkanes) is 1. The maximum absolute atomic E-state index is 13.5. The van der Waals surface area contributed by atoms with E-state index in [2.05, 4.69) is 5.32 Å². The van der Waals surface area contributed by atoms with E-state index in [1.54, 1.807) is 36.4 Å². The van der Waals surface area contributed by atoms with Crippen LogP contribution in [0.25, 0.3) is 0 Å². The van der Waals surface area contributed by atoms with Gasteiger partial charge >= 0.3 is 0 Å². The van der Waals surface area contributed by atoms with Gasteiger partial charge in [-0.05, 0) is 41.8 Å². The first kappa shape index (κ1) is 25.2. The lowest BCUT2D eigenvalue weighted by molar-refractivity contribution is -0.143. The van der Waals surface area contributed by atoms with Gasteiger partial charge in [0.2, 0.25) is 5.91 Å². The molecule has 0 radical (unpaired) electrons. The Kier molecular flexibility index (Phi) is 9.47. The van der Waals surface area contributed by atoms with E-state index in [9.17, 15) is 14.0 Å². The molecule has 0 fully saturated rings. The Morgan fingerprint density at radius 2 is 1.68 bits per heavy atom. The molecule has 0 bridgehead atoms. The van der Waals surface area contributed by atoms with E-state index in [1.165, 1.54) is 17.0 Å². The number of halogens is 2. The number of amides is 2. The molecule has 2 amide bonds. The standard InChI is InChI=1S/C27H28ClFN2O3/c1-2-3-17-30-27(33)26(21-9-5-4-6-10-21)31(18-20-13-15-22(29)16-14-20)25(32)19-34-24-12-8-7-11-23(24)28/h4-16,26H,2-3,17-19H2,1H3,(H,30,33)/t26-/m1/s1. The highest BCUT2D eigenvalue weighted by molar-refractivity contribution is 6.32. The highest BCUT2D eigenvalue weighted by atomic mass is 35.5. The van der Waals surface area contributed by atoms with Crippen molar-refractivity contribution in [3.8, 4) is 5.75 Å². The summed E-state index contributed by atoms with van der Waals surface area (Å²) in [5, 5.41) is 3.33. The number of nitrogens with zero attached hydrogens (tertiary/aromatic N) is 1. The van der Waals surface area contributed by atoms with Crippen LogP contribution in [0.1, 0.15) is 36.9 Å². The quantitative estimate of drug-likeness (QED) is 0.365. The van der Waals surface area contributed by atoms with E-state index in [4.69, 9.17) is 16.3 Å². The van der Waals surface area contributed by atoms with Gasteiger partial charge in [0.15, 0.2) is 6.61 Å². The molecular weight excluding hydrogens is 455 g/mol. The first-order chi connectivity index (χ1) is 16.5. The molecule has 0 spiro atoms. The SMILES string of the molecule is CCCCNC(=O)[C@@H](c1ccccc1)N(Cc1ccc(F)cc1)C(=O)COc1ccccc1Cl. The maximum Gasteiger partial charge on any atom is 0.261 e. The second-order valence-electron chi connectivity index (χ2n) is 7.83. The van der Waals surface area contributed by atoms with Gasteiger partial charge in [-0.3, -0.25) is 9.59 Å². The Morgan fingerprint density at radius 1 is 1.00 bits per heavy atom. The van der Waals surface area contributed by atoms with Gasteiger partial charge in [-0.1, -0.05) is 79.5 Å². The summed E-state index contributed by atoms with van der Waals surface area (Å²) in [5.74, 6) is -0.680. The highest BCUT2D eigenvalue weighted by Crippen LogP contribution is 2.26. The highest BCUT2D eigenvalue weighted by Gasteiger charge is 2.31. The Bertz CT molecular complexity index is 1080. The van der Waals surface area contributed by atoms with Crippen LogP contribution in [0.2, 0.25) is 5.02 Å². The Labute approximate surface area is 204 Å². The maximum atomic E-state index is 13.5. The molecule has 0 aliphatic carbocycles. The molecular formula is C27H28ClFN2O3. The summed E-state index contributed by atoms with van der Waals surface area (Å²) in [6.07, 6.45) is 1.76. The Balaban J connectivity index is 1.91. The molecule has 3 aromatic carbocycles. The number of hydrogen-bond acceptors (Lipinski definition) is 3. The lowest BCUT2D eigenvalue weighted by atomic mass is 10.0. The minimum atomic E-state index is -0.884. The molecule has 0 aromatic heterocycles. The van der Waals surface area contributed by atoms with Gasteiger partial charge < -0.3 is 15.0 Å². The topological polar surface area (TPSA) is 58.6 Å². The number of hydrogen-bond donors (Lipinski definition) is 1. The summed E-state index contributed by atoms with van der Waals surface area (Å²) in [6.45, 7) is 2.34. The molecule has 7 heteroatoms. The van der Waals surface area contributed by atoms with Crippen LogP contribution in [0.5, 0.6) is 5.75 Å². The van der Waals surface area contributed by atoms with Crippen molar-refractivity contribution in [2.75, 3.05) is 13.2 Å². The summed E-state index contributed by atoms with van der Waals surface area (Å²) in [5.41, 5.74) is 1.36. The molecule has 5 nitrogen and oxygen atoms in total. The van der Waals surface area contributed by atoms with E-state index in [1.807, 2.05) is 37.3 Å². The molecule has 1 atom stereocenters. The third kappa shape index (κ3) is 7.06. The summed E-state index contributed by atoms with van der Waals surface area (Å²) in [7, 11) is 0. The van der Waals surface area contributed by atoms with Gasteiger partial charge in [-0.15, -0.1) is 0 Å². The van der Waals surface area contributed by atoms with Crippen molar-refractivity contribution < 1.29 is 18.7 Å². The molecule has 1 N–H and O–H groups in total. The van der Waals surface area contributed by atoms with Crippen molar-refractivity contribution in [2.45, 2.75) is 32.4 Å². The fourth-order valence-electron chi connectivity index (χ4n) is 3.49. The van der Waals surface area contributed by atoms with Crippen molar-refractivity contribution in [1.29, 1.82) is 0 Å². The van der Waals surface area contributed by atoms with Gasteiger partial charge in [0.1, 0.15) is 17.6 Å². The second-order valence-corrected chi connectivity index (χ2v) is 8.23. The predicted molar refractivity (Wildman–Crippen MR) is 131 cm³/mol. The van der Waals surface area contributed by atoms with E-state index in [-0.39, 0.29) is 24.9 Å². The number of rotatable bonds is 11. The Morgan fingerprint density at radius 3 is 2.35 bits per heavy atom. The third-order valence-electron chi connectivity index (χ3n) is 5.28. The fraction of sp³-hybridized carbons (Fsp3) is 0.259. The average molecular weight is 483 g/mol. The minimum absolute atomic E-state index is 0.103. The number of benzene rings is 3. The molecule has 178 valence electrons. The summed E-state index contributed by atoms with van der Waals surface area (Å²) in [4.78, 5) is 28.2. The molecule has 3 rings (SSSR count). The zero-order valence-electron chi connectivity index (χ0n) is 19.0. The van der Waals surface area contributed by atoms with Gasteiger partial charge in [0.25, 0.3) is 5.91 Å². The molecule has 34 heavy (non-hydrogen) atoms. The fourth-order valence-corrected chi connectivity index (χ4v) is 3.68. The van der Waals surface area contributed by atoms with Crippen LogP contribution in [0.15, 0.2) is 78.9 Å². The van der Waals surface area contributed by atoms with Gasteiger partial charge in [0.05, 0.1) is 5.02 Å². The van der Waals surface area contributed by atoms with Crippen molar-refractivity contribution >= 4 is 23.4 Å². The van der Waals surface area contributed by atoms with Crippen molar-refractivity contribution in [2.24, 2.45) is 0 Å². The minimum Gasteiger partial charge on any atom is -0.482 e. The van der Waals surface area contributed by atoms with Crippen LogP contribution in [0, 0.1) is 5.82 Å². The normalized spacial score (nSPS) is 11.5. The lowest BCUT2D eigenvalue weighted by Gasteiger charge is -2.31. The molecule has 0 unspecified atom stereocenters. The molecule has 0 aliphatic rings. The zero-order valence-corrected chi connectivity index (χ0v) is 19.8. The third-order valence-corrected chi connectivity index (χ3v) is 5.59. The van der Waals surface area contributed by atoms with E-state index < -0.39 is 11.9 Å². The van der Waals surface area contributed by atoms with Crippen LogP contribution in [-0.4, -0.2) is 29.9 Å². The average Bonchev–Trinajstić information content (AvgIpc) is 2.85. The number of nitrogens with one attached hydrogen (secondary N) is 1. The Hall–Kier alpha value is -3.38. The van der Waals surface area contributed by atoms with Crippen molar-refractivity contribution in [1.82, 2.24) is 10.2 Å². The van der Waals surface area contributed by atoms with E-state index in [0.717, 1.165) is 12.8 Å². The first-order valence-corrected chi connectivity index (χ1v) is 11.6. The van der Waals surface area contributed by atoms with Crippen LogP contribution >= 0.6 is 11.6 Å². The molecule has 3 aromatic rings.